The summed E-state index contributed by atoms with van der Waals surface area (Å²) >= 11 is 0. The smallest absolute Gasteiger partial charge is 0.182 e. The number of fused-ring (bicyclic) bond motifs is 2. The van der Waals surface area contributed by atoms with Crippen molar-refractivity contribution in [2.45, 2.75) is 26.2 Å². The quantitative estimate of drug-likeness (QED) is 0.721. The summed E-state index contributed by atoms with van der Waals surface area (Å²) in [6.07, 6.45) is 3.89. The minimum atomic E-state index is -0.0472. The van der Waals surface area contributed by atoms with Gasteiger partial charge in [-0.05, 0) is 49.4 Å². The molecule has 3 nitrogen and oxygen atoms in total. The van der Waals surface area contributed by atoms with Gasteiger partial charge >= 0.3 is 0 Å². The van der Waals surface area contributed by atoms with E-state index >= 15 is 0 Å². The number of hydrogen-bond acceptors (Lipinski definition) is 3. The van der Waals surface area contributed by atoms with Crippen LogP contribution in [0.1, 0.15) is 29.7 Å². The van der Waals surface area contributed by atoms with Gasteiger partial charge in [0.25, 0.3) is 0 Å². The van der Waals surface area contributed by atoms with Crippen LogP contribution >= 0.6 is 0 Å². The molecule has 0 amide bonds. The first kappa shape index (κ1) is 11.1. The maximum atomic E-state index is 11.5. The van der Waals surface area contributed by atoms with E-state index < -0.39 is 0 Å². The Morgan fingerprint density at radius 1 is 1.28 bits per heavy atom. The zero-order chi connectivity index (χ0) is 12.7. The molecule has 92 valence electrons. The summed E-state index contributed by atoms with van der Waals surface area (Å²) in [5.41, 5.74) is 3.79. The first-order chi connectivity index (χ1) is 8.69. The summed E-state index contributed by atoms with van der Waals surface area (Å²) in [6, 6.07) is 5.20. The maximum absolute atomic E-state index is 11.5. The minimum absolute atomic E-state index is 0.0472. The lowest BCUT2D eigenvalue weighted by Gasteiger charge is -2.20. The first-order valence-electron chi connectivity index (χ1n) is 6.10. The standard InChI is InChI=1S/C15H14O3/c1-9-5-12(17)7-14-13(9)6-10-3-2-4-11(8-16)15(10)18-14/h5-8,16H,2-4H2,1H3. The zero-order valence-corrected chi connectivity index (χ0v) is 10.2. The topological polar surface area (TPSA) is 50.4 Å². The van der Waals surface area contributed by atoms with Gasteiger partial charge in [0.05, 0.1) is 6.26 Å². The average Bonchev–Trinajstić information content (AvgIpc) is 2.36. The molecule has 0 radical (unpaired) electrons. The van der Waals surface area contributed by atoms with E-state index in [0.717, 1.165) is 53.5 Å². The molecule has 0 bridgehead atoms. The van der Waals surface area contributed by atoms with Crippen molar-refractivity contribution in [3.63, 3.8) is 0 Å². The third-order valence-electron chi connectivity index (χ3n) is 3.48. The summed E-state index contributed by atoms with van der Waals surface area (Å²) in [4.78, 5) is 11.5. The molecule has 0 aromatic carbocycles. The Hall–Kier alpha value is -2.03. The van der Waals surface area contributed by atoms with Gasteiger partial charge in [-0.25, -0.2) is 0 Å². The molecule has 2 aliphatic carbocycles. The summed E-state index contributed by atoms with van der Waals surface area (Å²) in [6.45, 7) is 1.91. The van der Waals surface area contributed by atoms with Crippen LogP contribution in [0.15, 0.2) is 33.7 Å². The molecule has 0 saturated heterocycles. The van der Waals surface area contributed by atoms with Crippen molar-refractivity contribution in [2.75, 3.05) is 0 Å². The number of allylic oxidation sites excluding steroid dienone is 1. The fraction of sp³-hybridized carbons (Fsp3) is 0.267. The Morgan fingerprint density at radius 2 is 2.11 bits per heavy atom. The number of aliphatic hydroxyl groups is 1. The molecule has 1 aliphatic heterocycles. The average molecular weight is 242 g/mol. The number of benzene rings is 1. The minimum Gasteiger partial charge on any atom is -0.515 e. The third-order valence-corrected chi connectivity index (χ3v) is 3.48. The van der Waals surface area contributed by atoms with E-state index in [4.69, 9.17) is 4.42 Å². The van der Waals surface area contributed by atoms with E-state index in [-0.39, 0.29) is 5.43 Å². The van der Waals surface area contributed by atoms with Crippen LogP contribution < -0.4 is 5.43 Å². The zero-order valence-electron chi connectivity index (χ0n) is 10.2. The predicted octanol–water partition coefficient (Wildman–Crippen LogP) is 3.29. The van der Waals surface area contributed by atoms with Crippen LogP contribution in [-0.4, -0.2) is 5.11 Å². The molecule has 1 heterocycles. The second kappa shape index (κ2) is 4.02. The van der Waals surface area contributed by atoms with Crippen molar-refractivity contribution in [3.8, 4) is 11.3 Å². The van der Waals surface area contributed by atoms with Gasteiger partial charge in [-0.3, -0.25) is 4.79 Å². The first-order valence-corrected chi connectivity index (χ1v) is 6.10. The lowest BCUT2D eigenvalue weighted by molar-refractivity contribution is 0.464. The normalized spacial score (nSPS) is 17.1. The van der Waals surface area contributed by atoms with Gasteiger partial charge in [-0.2, -0.15) is 0 Å². The highest BCUT2D eigenvalue weighted by molar-refractivity contribution is 5.71. The maximum Gasteiger partial charge on any atom is 0.182 e. The van der Waals surface area contributed by atoms with Crippen LogP contribution in [0.3, 0.4) is 0 Å². The number of hydrogen-bond donors (Lipinski definition) is 1. The molecule has 3 aliphatic rings. The molecule has 1 N–H and O–H groups in total. The van der Waals surface area contributed by atoms with Crippen molar-refractivity contribution in [1.82, 2.24) is 0 Å². The van der Waals surface area contributed by atoms with Gasteiger partial charge in [0.2, 0.25) is 0 Å². The lowest BCUT2D eigenvalue weighted by Crippen LogP contribution is -2.07. The van der Waals surface area contributed by atoms with E-state index in [0.29, 0.717) is 5.76 Å². The highest BCUT2D eigenvalue weighted by Gasteiger charge is 2.21. The van der Waals surface area contributed by atoms with Crippen molar-refractivity contribution in [2.24, 2.45) is 0 Å². The summed E-state index contributed by atoms with van der Waals surface area (Å²) < 4.78 is 5.82. The molecule has 3 heteroatoms. The Labute approximate surface area is 105 Å². The Bertz CT molecular complexity index is 664. The second-order valence-electron chi connectivity index (χ2n) is 4.76. The number of aliphatic hydroxyl groups excluding tert-OH is 1. The highest BCUT2D eigenvalue weighted by Crippen LogP contribution is 2.36. The number of rotatable bonds is 0. The van der Waals surface area contributed by atoms with Gasteiger partial charge in [-0.15, -0.1) is 0 Å². The largest absolute Gasteiger partial charge is 0.515 e. The summed E-state index contributed by atoms with van der Waals surface area (Å²) in [7, 11) is 0. The van der Waals surface area contributed by atoms with Crippen LogP contribution in [0.2, 0.25) is 0 Å². The van der Waals surface area contributed by atoms with Crippen LogP contribution in [-0.2, 0) is 6.42 Å². The highest BCUT2D eigenvalue weighted by atomic mass is 16.3. The molecule has 0 saturated carbocycles. The van der Waals surface area contributed by atoms with Gasteiger partial charge in [-0.1, -0.05) is 0 Å². The van der Waals surface area contributed by atoms with E-state index in [9.17, 15) is 9.90 Å². The SMILES string of the molecule is Cc1cc(=O)cc2oc3c(cc1-2)CCCC3=CO. The van der Waals surface area contributed by atoms with Gasteiger partial charge in [0.1, 0.15) is 11.5 Å². The lowest BCUT2D eigenvalue weighted by atomic mass is 9.90. The van der Waals surface area contributed by atoms with E-state index in [2.05, 4.69) is 6.07 Å². The summed E-state index contributed by atoms with van der Waals surface area (Å²) in [5, 5.41) is 9.24. The van der Waals surface area contributed by atoms with Gasteiger partial charge in [0.15, 0.2) is 5.43 Å². The fourth-order valence-corrected chi connectivity index (χ4v) is 2.58. The van der Waals surface area contributed by atoms with E-state index in [1.165, 1.54) is 6.07 Å². The van der Waals surface area contributed by atoms with Crippen LogP contribution in [0.4, 0.5) is 0 Å². The van der Waals surface area contributed by atoms with Gasteiger partial charge in [0, 0.05) is 17.2 Å². The van der Waals surface area contributed by atoms with E-state index in [1.807, 2.05) is 6.92 Å². The molecule has 3 rings (SSSR count). The molecule has 0 unspecified atom stereocenters. The molecule has 0 atom stereocenters. The molecule has 0 spiro atoms. The van der Waals surface area contributed by atoms with Crippen molar-refractivity contribution >= 4 is 5.57 Å². The molecular formula is C15H14O3. The van der Waals surface area contributed by atoms with Crippen molar-refractivity contribution in [1.29, 1.82) is 0 Å². The van der Waals surface area contributed by atoms with Crippen LogP contribution in [0.5, 0.6) is 0 Å². The third kappa shape index (κ3) is 1.63. The molecular weight excluding hydrogens is 228 g/mol. The molecule has 18 heavy (non-hydrogen) atoms. The van der Waals surface area contributed by atoms with Crippen LogP contribution in [0.25, 0.3) is 16.9 Å². The Balaban J connectivity index is 2.34. The van der Waals surface area contributed by atoms with Gasteiger partial charge < -0.3 is 9.52 Å². The Morgan fingerprint density at radius 3 is 2.89 bits per heavy atom. The Kier molecular flexibility index (Phi) is 2.47. The number of aryl methyl sites for hydroxylation is 2. The fourth-order valence-electron chi connectivity index (χ4n) is 2.58. The van der Waals surface area contributed by atoms with Crippen LogP contribution in [0, 0.1) is 6.92 Å². The monoisotopic (exact) mass is 242 g/mol. The van der Waals surface area contributed by atoms with Crippen molar-refractivity contribution in [3.05, 3.63) is 51.6 Å². The second-order valence-corrected chi connectivity index (χ2v) is 4.76. The van der Waals surface area contributed by atoms with E-state index in [1.54, 1.807) is 6.07 Å². The molecule has 0 aromatic rings. The molecule has 0 fully saturated rings. The molecule has 0 aromatic heterocycles. The van der Waals surface area contributed by atoms with Crippen molar-refractivity contribution < 1.29 is 9.52 Å². The summed E-state index contributed by atoms with van der Waals surface area (Å²) in [5.74, 6) is 1.32. The predicted molar refractivity (Wildman–Crippen MR) is 69.9 cm³/mol.